The smallest absolute Gasteiger partial charge is 0.322 e. The number of benzene rings is 1. The molecular weight excluding hydrogens is 262 g/mol. The maximum Gasteiger partial charge on any atom is 0.322 e. The Balaban J connectivity index is 2.80. The van der Waals surface area contributed by atoms with Crippen LogP contribution in [0, 0.1) is 5.92 Å². The molecule has 0 fully saturated rings. The molecule has 1 rings (SSSR count). The third-order valence-corrected chi connectivity index (χ3v) is 2.40. The van der Waals surface area contributed by atoms with Gasteiger partial charge in [-0.05, 0) is 24.1 Å². The molecule has 0 aliphatic carbocycles. The van der Waals surface area contributed by atoms with Crippen molar-refractivity contribution >= 4 is 11.9 Å². The predicted octanol–water partition coefficient (Wildman–Crippen LogP) is 1.54. The minimum Gasteiger partial charge on any atom is -0.493 e. The normalized spacial score (nSPS) is 10.2. The van der Waals surface area contributed by atoms with Crippen molar-refractivity contribution in [1.82, 2.24) is 5.32 Å². The topological polar surface area (TPSA) is 84.9 Å². The lowest BCUT2D eigenvalue weighted by Crippen LogP contribution is -2.29. The lowest BCUT2D eigenvalue weighted by molar-refractivity contribution is -0.135. The average molecular weight is 281 g/mol. The van der Waals surface area contributed by atoms with Crippen LogP contribution in [0.25, 0.3) is 0 Å². The molecule has 0 saturated heterocycles. The van der Waals surface area contributed by atoms with E-state index in [4.69, 9.17) is 14.6 Å². The van der Waals surface area contributed by atoms with Gasteiger partial charge >= 0.3 is 5.97 Å². The molecule has 0 radical (unpaired) electrons. The Morgan fingerprint density at radius 2 is 2.00 bits per heavy atom. The molecule has 0 aliphatic rings. The maximum absolute atomic E-state index is 11.7. The van der Waals surface area contributed by atoms with Gasteiger partial charge in [0.15, 0.2) is 11.5 Å². The number of hydrogen-bond donors (Lipinski definition) is 2. The first-order chi connectivity index (χ1) is 9.43. The number of ether oxygens (including phenoxy) is 2. The van der Waals surface area contributed by atoms with Crippen LogP contribution in [0.1, 0.15) is 24.2 Å². The fourth-order valence-electron chi connectivity index (χ4n) is 1.44. The highest BCUT2D eigenvalue weighted by Crippen LogP contribution is 2.28. The number of carboxylic acid groups (broad SMARTS) is 1. The highest BCUT2D eigenvalue weighted by Gasteiger charge is 2.12. The van der Waals surface area contributed by atoms with E-state index < -0.39 is 18.4 Å². The third-order valence-electron chi connectivity index (χ3n) is 2.40. The van der Waals surface area contributed by atoms with Crippen LogP contribution in [0.4, 0.5) is 0 Å². The second kappa shape index (κ2) is 7.37. The fraction of sp³-hybridized carbons (Fsp3) is 0.429. The van der Waals surface area contributed by atoms with Gasteiger partial charge in [-0.1, -0.05) is 13.8 Å². The Hall–Kier alpha value is -2.24. The van der Waals surface area contributed by atoms with Gasteiger partial charge in [-0.2, -0.15) is 0 Å². The van der Waals surface area contributed by atoms with E-state index in [0.717, 1.165) is 0 Å². The number of nitrogens with one attached hydrogen (secondary N) is 1. The van der Waals surface area contributed by atoms with E-state index in [2.05, 4.69) is 5.32 Å². The van der Waals surface area contributed by atoms with Gasteiger partial charge in [-0.15, -0.1) is 0 Å². The second-order valence-electron chi connectivity index (χ2n) is 4.65. The minimum atomic E-state index is -1.10. The molecule has 20 heavy (non-hydrogen) atoms. The Morgan fingerprint density at radius 1 is 1.30 bits per heavy atom. The summed E-state index contributed by atoms with van der Waals surface area (Å²) in [5.74, 6) is -0.203. The molecule has 1 aromatic rings. The van der Waals surface area contributed by atoms with Crippen molar-refractivity contribution in [2.24, 2.45) is 5.92 Å². The maximum atomic E-state index is 11.7. The standard InChI is InChI=1S/C14H19NO5/c1-9(2)8-20-11-5-4-10(6-12(11)19-3)14(18)15-7-13(16)17/h4-6,9H,7-8H2,1-3H3,(H,15,18)(H,16,17). The van der Waals surface area contributed by atoms with Crippen molar-refractivity contribution in [2.75, 3.05) is 20.3 Å². The van der Waals surface area contributed by atoms with E-state index >= 15 is 0 Å². The van der Waals surface area contributed by atoms with Crippen molar-refractivity contribution < 1.29 is 24.2 Å². The molecule has 6 nitrogen and oxygen atoms in total. The zero-order valence-electron chi connectivity index (χ0n) is 11.8. The number of rotatable bonds is 7. The molecule has 0 heterocycles. The van der Waals surface area contributed by atoms with Crippen LogP contribution in [0.15, 0.2) is 18.2 Å². The van der Waals surface area contributed by atoms with Crippen LogP contribution in [0.5, 0.6) is 11.5 Å². The van der Waals surface area contributed by atoms with Crippen LogP contribution in [0.3, 0.4) is 0 Å². The summed E-state index contributed by atoms with van der Waals surface area (Å²) in [6, 6.07) is 4.72. The van der Waals surface area contributed by atoms with E-state index in [-0.39, 0.29) is 0 Å². The average Bonchev–Trinajstić information content (AvgIpc) is 2.42. The Bertz CT molecular complexity index is 484. The first kappa shape index (κ1) is 15.8. The molecule has 1 aromatic carbocycles. The molecule has 0 aliphatic heterocycles. The molecule has 0 bridgehead atoms. The SMILES string of the molecule is COc1cc(C(=O)NCC(=O)O)ccc1OCC(C)C. The molecule has 0 saturated carbocycles. The van der Waals surface area contributed by atoms with Gasteiger partial charge in [0, 0.05) is 5.56 Å². The van der Waals surface area contributed by atoms with Gasteiger partial charge in [0.05, 0.1) is 13.7 Å². The van der Waals surface area contributed by atoms with Gasteiger partial charge < -0.3 is 19.9 Å². The highest BCUT2D eigenvalue weighted by atomic mass is 16.5. The quantitative estimate of drug-likeness (QED) is 0.792. The van der Waals surface area contributed by atoms with Crippen molar-refractivity contribution in [1.29, 1.82) is 0 Å². The summed E-state index contributed by atoms with van der Waals surface area (Å²) in [5.41, 5.74) is 0.319. The molecule has 0 atom stereocenters. The summed E-state index contributed by atoms with van der Waals surface area (Å²) in [6.45, 7) is 4.17. The zero-order valence-corrected chi connectivity index (χ0v) is 11.8. The number of hydrogen-bond acceptors (Lipinski definition) is 4. The van der Waals surface area contributed by atoms with Gasteiger partial charge in [-0.25, -0.2) is 0 Å². The van der Waals surface area contributed by atoms with Gasteiger partial charge in [0.2, 0.25) is 0 Å². The number of amides is 1. The van der Waals surface area contributed by atoms with Crippen LogP contribution >= 0.6 is 0 Å². The van der Waals surface area contributed by atoms with Crippen molar-refractivity contribution in [3.63, 3.8) is 0 Å². The van der Waals surface area contributed by atoms with Crippen LogP contribution in [-0.4, -0.2) is 37.2 Å². The number of carboxylic acids is 1. The summed E-state index contributed by atoms with van der Waals surface area (Å²) in [4.78, 5) is 22.1. The molecule has 2 N–H and O–H groups in total. The van der Waals surface area contributed by atoms with Crippen molar-refractivity contribution in [2.45, 2.75) is 13.8 Å². The summed E-state index contributed by atoms with van der Waals surface area (Å²) < 4.78 is 10.7. The zero-order chi connectivity index (χ0) is 15.1. The number of aliphatic carboxylic acids is 1. The first-order valence-electron chi connectivity index (χ1n) is 6.25. The Labute approximate surface area is 117 Å². The molecule has 0 aromatic heterocycles. The van der Waals surface area contributed by atoms with E-state index in [1.165, 1.54) is 13.2 Å². The van der Waals surface area contributed by atoms with Gasteiger partial charge in [0.25, 0.3) is 5.91 Å². The lowest BCUT2D eigenvalue weighted by Gasteiger charge is -2.13. The van der Waals surface area contributed by atoms with Crippen LogP contribution in [-0.2, 0) is 4.79 Å². The Morgan fingerprint density at radius 3 is 2.55 bits per heavy atom. The number of carbonyl (C=O) groups is 2. The summed E-state index contributed by atoms with van der Waals surface area (Å²) >= 11 is 0. The van der Waals surface area contributed by atoms with Gasteiger partial charge in [-0.3, -0.25) is 9.59 Å². The van der Waals surface area contributed by atoms with Crippen LogP contribution < -0.4 is 14.8 Å². The first-order valence-corrected chi connectivity index (χ1v) is 6.25. The van der Waals surface area contributed by atoms with Crippen molar-refractivity contribution in [3.8, 4) is 11.5 Å². The third kappa shape index (κ3) is 4.79. The van der Waals surface area contributed by atoms with E-state index in [0.29, 0.717) is 29.6 Å². The molecular formula is C14H19NO5. The van der Waals surface area contributed by atoms with Gasteiger partial charge in [0.1, 0.15) is 6.54 Å². The highest BCUT2D eigenvalue weighted by molar-refractivity contribution is 5.96. The van der Waals surface area contributed by atoms with E-state index in [9.17, 15) is 9.59 Å². The lowest BCUT2D eigenvalue weighted by atomic mass is 10.2. The van der Waals surface area contributed by atoms with Crippen LogP contribution in [0.2, 0.25) is 0 Å². The molecule has 1 amide bonds. The monoisotopic (exact) mass is 281 g/mol. The van der Waals surface area contributed by atoms with E-state index in [1.54, 1.807) is 12.1 Å². The minimum absolute atomic E-state index is 0.319. The fourth-order valence-corrected chi connectivity index (χ4v) is 1.44. The van der Waals surface area contributed by atoms with Crippen molar-refractivity contribution in [3.05, 3.63) is 23.8 Å². The summed E-state index contributed by atoms with van der Waals surface area (Å²) in [5, 5.41) is 10.8. The summed E-state index contributed by atoms with van der Waals surface area (Å²) in [6.07, 6.45) is 0. The number of carbonyl (C=O) groups excluding carboxylic acids is 1. The van der Waals surface area contributed by atoms with E-state index in [1.807, 2.05) is 13.8 Å². The predicted molar refractivity (Wildman–Crippen MR) is 73.3 cm³/mol. The molecule has 0 unspecified atom stereocenters. The molecule has 6 heteroatoms. The second-order valence-corrected chi connectivity index (χ2v) is 4.65. The number of methoxy groups -OCH3 is 1. The Kier molecular flexibility index (Phi) is 5.83. The molecule has 110 valence electrons. The molecule has 0 spiro atoms. The summed E-state index contributed by atoms with van der Waals surface area (Å²) in [7, 11) is 1.48. The largest absolute Gasteiger partial charge is 0.493 e.